The van der Waals surface area contributed by atoms with Crippen molar-refractivity contribution in [2.24, 2.45) is 0 Å². The van der Waals surface area contributed by atoms with E-state index in [-0.39, 0.29) is 12.5 Å². The number of hydrogen-bond donors (Lipinski definition) is 2. The molecule has 3 amide bonds. The van der Waals surface area contributed by atoms with Crippen molar-refractivity contribution in [1.82, 2.24) is 15.6 Å². The Morgan fingerprint density at radius 2 is 2.08 bits per heavy atom. The minimum atomic E-state index is -0.930. The van der Waals surface area contributed by atoms with Gasteiger partial charge >= 0.3 is 11.8 Å². The average molecular weight is 373 g/mol. The van der Waals surface area contributed by atoms with Gasteiger partial charge in [-0.15, -0.1) is 0 Å². The van der Waals surface area contributed by atoms with Crippen LogP contribution in [-0.4, -0.2) is 29.3 Å². The van der Waals surface area contributed by atoms with Gasteiger partial charge in [-0.05, 0) is 36.8 Å². The second-order valence-electron chi connectivity index (χ2n) is 5.74. The number of likely N-dealkylation sites (N-methyl/N-ethyl adjacent to an activating group) is 1. The van der Waals surface area contributed by atoms with Crippen molar-refractivity contribution in [2.75, 3.05) is 11.4 Å². The first-order chi connectivity index (χ1) is 12.5. The number of hydrogen-bond acceptors (Lipinski definition) is 4. The van der Waals surface area contributed by atoms with Gasteiger partial charge in [-0.3, -0.25) is 19.4 Å². The zero-order chi connectivity index (χ0) is 18.7. The number of fused-ring (bicyclic) bond motifs is 1. The predicted octanol–water partition coefficient (Wildman–Crippen LogP) is 1.58. The van der Waals surface area contributed by atoms with E-state index >= 15 is 0 Å². The Balaban J connectivity index is 1.70. The molecule has 7 nitrogen and oxygen atoms in total. The van der Waals surface area contributed by atoms with Gasteiger partial charge in [-0.2, -0.15) is 0 Å². The molecular formula is C18H17ClN4O3. The molecule has 2 heterocycles. The van der Waals surface area contributed by atoms with Crippen molar-refractivity contribution in [2.45, 2.75) is 19.5 Å². The lowest BCUT2D eigenvalue weighted by atomic mass is 10.1. The molecule has 1 aliphatic rings. The Morgan fingerprint density at radius 1 is 1.27 bits per heavy atom. The number of amides is 3. The molecular weight excluding hydrogens is 356 g/mol. The number of carbonyl (C=O) groups is 3. The minimum Gasteiger partial charge on any atom is -0.344 e. The molecule has 1 unspecified atom stereocenters. The fraction of sp³-hybridized carbons (Fsp3) is 0.222. The molecule has 0 saturated carbocycles. The van der Waals surface area contributed by atoms with E-state index in [0.717, 1.165) is 5.56 Å². The molecule has 2 N–H and O–H groups in total. The Hall–Kier alpha value is -2.93. The van der Waals surface area contributed by atoms with Crippen LogP contribution in [0.5, 0.6) is 0 Å². The van der Waals surface area contributed by atoms with Gasteiger partial charge in [0.2, 0.25) is 0 Å². The standard InChI is InChI=1S/C18H17ClN4O3/c1-2-23-14-6-5-12(19)8-13(14)15(18(23)26)22-17(25)16(24)21-10-11-4-3-7-20-9-11/h3-9,15H,2,10H2,1H3,(H,21,24)(H,22,25). The third kappa shape index (κ3) is 3.52. The third-order valence-corrected chi connectivity index (χ3v) is 4.31. The van der Waals surface area contributed by atoms with E-state index in [1.807, 2.05) is 6.92 Å². The van der Waals surface area contributed by atoms with E-state index in [2.05, 4.69) is 15.6 Å². The van der Waals surface area contributed by atoms with Gasteiger partial charge in [0.25, 0.3) is 5.91 Å². The number of halogens is 1. The zero-order valence-electron chi connectivity index (χ0n) is 14.0. The van der Waals surface area contributed by atoms with Gasteiger partial charge in [0.15, 0.2) is 0 Å². The molecule has 0 saturated heterocycles. The number of rotatable bonds is 4. The largest absolute Gasteiger partial charge is 0.344 e. The highest BCUT2D eigenvalue weighted by molar-refractivity contribution is 6.35. The van der Waals surface area contributed by atoms with Crippen LogP contribution in [-0.2, 0) is 20.9 Å². The van der Waals surface area contributed by atoms with Gasteiger partial charge < -0.3 is 15.5 Å². The molecule has 0 aliphatic carbocycles. The first-order valence-electron chi connectivity index (χ1n) is 8.09. The molecule has 134 valence electrons. The molecule has 8 heteroatoms. The molecule has 1 aromatic carbocycles. The summed E-state index contributed by atoms with van der Waals surface area (Å²) in [6.45, 7) is 2.45. The summed E-state index contributed by atoms with van der Waals surface area (Å²) in [4.78, 5) is 42.3. The Kier molecular flexibility index (Phi) is 5.18. The molecule has 1 aromatic heterocycles. The zero-order valence-corrected chi connectivity index (χ0v) is 14.8. The number of carbonyl (C=O) groups excluding carboxylic acids is 3. The number of nitrogens with one attached hydrogen (secondary N) is 2. The van der Waals surface area contributed by atoms with Crippen LogP contribution in [0.4, 0.5) is 5.69 Å². The smallest absolute Gasteiger partial charge is 0.310 e. The first-order valence-corrected chi connectivity index (χ1v) is 8.47. The molecule has 1 atom stereocenters. The molecule has 0 fully saturated rings. The fourth-order valence-corrected chi connectivity index (χ4v) is 3.02. The van der Waals surface area contributed by atoms with E-state index in [1.54, 1.807) is 47.6 Å². The van der Waals surface area contributed by atoms with Gasteiger partial charge in [-0.25, -0.2) is 0 Å². The average Bonchev–Trinajstić information content (AvgIpc) is 2.91. The highest BCUT2D eigenvalue weighted by atomic mass is 35.5. The maximum absolute atomic E-state index is 12.6. The van der Waals surface area contributed by atoms with Crippen molar-refractivity contribution in [3.63, 3.8) is 0 Å². The van der Waals surface area contributed by atoms with Crippen molar-refractivity contribution in [3.05, 3.63) is 58.9 Å². The predicted molar refractivity (Wildman–Crippen MR) is 96.4 cm³/mol. The van der Waals surface area contributed by atoms with Crippen LogP contribution in [0.25, 0.3) is 0 Å². The van der Waals surface area contributed by atoms with Gasteiger partial charge in [0, 0.05) is 41.8 Å². The van der Waals surface area contributed by atoms with Gasteiger partial charge in [-0.1, -0.05) is 17.7 Å². The van der Waals surface area contributed by atoms with Crippen LogP contribution < -0.4 is 15.5 Å². The summed E-state index contributed by atoms with van der Waals surface area (Å²) in [5.41, 5.74) is 2.03. The van der Waals surface area contributed by atoms with Crippen LogP contribution in [0.2, 0.25) is 5.02 Å². The number of anilines is 1. The van der Waals surface area contributed by atoms with Crippen LogP contribution >= 0.6 is 11.6 Å². The third-order valence-electron chi connectivity index (χ3n) is 4.08. The summed E-state index contributed by atoms with van der Waals surface area (Å²) in [5, 5.41) is 5.46. The maximum atomic E-state index is 12.6. The first kappa shape index (κ1) is 17.9. The second-order valence-corrected chi connectivity index (χ2v) is 6.17. The fourth-order valence-electron chi connectivity index (χ4n) is 2.84. The minimum absolute atomic E-state index is 0.169. The van der Waals surface area contributed by atoms with Crippen molar-refractivity contribution in [1.29, 1.82) is 0 Å². The monoisotopic (exact) mass is 372 g/mol. The number of nitrogens with zero attached hydrogens (tertiary/aromatic N) is 2. The van der Waals surface area contributed by atoms with Crippen molar-refractivity contribution in [3.8, 4) is 0 Å². The lowest BCUT2D eigenvalue weighted by Gasteiger charge is -2.15. The topological polar surface area (TPSA) is 91.4 Å². The van der Waals surface area contributed by atoms with Crippen molar-refractivity contribution < 1.29 is 14.4 Å². The number of pyridine rings is 1. The highest BCUT2D eigenvalue weighted by Gasteiger charge is 2.38. The summed E-state index contributed by atoms with van der Waals surface area (Å²) in [6.07, 6.45) is 3.21. The maximum Gasteiger partial charge on any atom is 0.310 e. The summed E-state index contributed by atoms with van der Waals surface area (Å²) >= 11 is 6.02. The quantitative estimate of drug-likeness (QED) is 0.797. The summed E-state index contributed by atoms with van der Waals surface area (Å²) in [6, 6.07) is 7.62. The van der Waals surface area contributed by atoms with Crippen LogP contribution in [0, 0.1) is 0 Å². The van der Waals surface area contributed by atoms with Crippen molar-refractivity contribution >= 4 is 35.0 Å². The van der Waals surface area contributed by atoms with Gasteiger partial charge in [0.05, 0.1) is 0 Å². The molecule has 1 aliphatic heterocycles. The molecule has 0 spiro atoms. The summed E-state index contributed by atoms with van der Waals surface area (Å²) < 4.78 is 0. The van der Waals surface area contributed by atoms with Gasteiger partial charge in [0.1, 0.15) is 6.04 Å². The van der Waals surface area contributed by atoms with Crippen LogP contribution in [0.15, 0.2) is 42.7 Å². The SMILES string of the molecule is CCN1C(=O)C(NC(=O)C(=O)NCc2cccnc2)c2cc(Cl)ccc21. The molecule has 3 rings (SSSR count). The molecule has 2 aromatic rings. The number of benzene rings is 1. The Morgan fingerprint density at radius 3 is 2.77 bits per heavy atom. The number of aromatic nitrogens is 1. The lowest BCUT2D eigenvalue weighted by molar-refractivity contribution is -0.140. The van der Waals surface area contributed by atoms with Crippen LogP contribution in [0.1, 0.15) is 24.1 Å². The molecule has 0 radical (unpaired) electrons. The Bertz CT molecular complexity index is 857. The van der Waals surface area contributed by atoms with E-state index in [1.165, 1.54) is 0 Å². The molecule has 0 bridgehead atoms. The lowest BCUT2D eigenvalue weighted by Crippen LogP contribution is -2.44. The molecule has 26 heavy (non-hydrogen) atoms. The van der Waals surface area contributed by atoms with E-state index in [9.17, 15) is 14.4 Å². The Labute approximate surface area is 155 Å². The summed E-state index contributed by atoms with van der Waals surface area (Å²) in [7, 11) is 0. The summed E-state index contributed by atoms with van der Waals surface area (Å²) in [5.74, 6) is -1.99. The van der Waals surface area contributed by atoms with E-state index in [4.69, 9.17) is 11.6 Å². The highest BCUT2D eigenvalue weighted by Crippen LogP contribution is 2.37. The van der Waals surface area contributed by atoms with Crippen LogP contribution in [0.3, 0.4) is 0 Å². The second kappa shape index (κ2) is 7.53. The normalized spacial score (nSPS) is 15.5. The van der Waals surface area contributed by atoms with E-state index < -0.39 is 17.9 Å². The van der Waals surface area contributed by atoms with E-state index in [0.29, 0.717) is 22.8 Å².